The summed E-state index contributed by atoms with van der Waals surface area (Å²) in [6, 6.07) is 0. The van der Waals surface area contributed by atoms with Gasteiger partial charge >= 0.3 is 0 Å². The van der Waals surface area contributed by atoms with Crippen molar-refractivity contribution < 1.29 is 5.11 Å². The van der Waals surface area contributed by atoms with E-state index >= 15 is 0 Å². The Morgan fingerprint density at radius 3 is 0.519 bits per heavy atom. The van der Waals surface area contributed by atoms with Crippen LogP contribution in [0.1, 0.15) is 0 Å². The van der Waals surface area contributed by atoms with Gasteiger partial charge in [0.1, 0.15) is 11.4 Å². The molecular formula is C9I17O. The summed E-state index contributed by atoms with van der Waals surface area (Å²) in [6.07, 6.45) is 0. The third-order valence-electron chi connectivity index (χ3n) is 3.57. The van der Waals surface area contributed by atoms with Crippen molar-refractivity contribution in [2.24, 2.45) is 0 Å². The monoisotopic (exact) mass is 2280 g/mol. The van der Waals surface area contributed by atoms with Gasteiger partial charge in [-0.05, 0) is 22.6 Å². The summed E-state index contributed by atoms with van der Waals surface area (Å²) in [4.78, 5) is 0. The molecule has 0 heterocycles. The fourth-order valence-corrected chi connectivity index (χ4v) is 32.0. The molecule has 0 N–H and O–H groups in total. The first-order chi connectivity index (χ1) is 11.2. The molecule has 27 heavy (non-hydrogen) atoms. The predicted molar refractivity (Wildman–Crippen MR) is 264 cm³/mol. The zero-order chi connectivity index (χ0) is 22.5. The molecule has 1 rings (SSSR count). The van der Waals surface area contributed by atoms with Crippen LogP contribution in [-0.2, 0) is 5.11 Å². The minimum atomic E-state index is -1.25. The summed E-state index contributed by atoms with van der Waals surface area (Å²) in [6.45, 7) is 0. The lowest BCUT2D eigenvalue weighted by molar-refractivity contribution is 0.0671. The normalized spacial score (nSPS) is 34.0. The van der Waals surface area contributed by atoms with Gasteiger partial charge in [0, 0.05) is 0 Å². The molecule has 1 aliphatic rings. The van der Waals surface area contributed by atoms with E-state index in [9.17, 15) is 5.11 Å². The molecule has 0 unspecified atom stereocenters. The van der Waals surface area contributed by atoms with E-state index in [1.807, 2.05) is 0 Å². The highest BCUT2D eigenvalue weighted by Crippen LogP contribution is 2.83. The first kappa shape index (κ1) is 37.4. The quantitative estimate of drug-likeness (QED) is 0.170. The molecule has 0 aromatic carbocycles. The smallest absolute Gasteiger partial charge is 0.205 e. The van der Waals surface area contributed by atoms with Gasteiger partial charge in [0.05, 0.1) is 0 Å². The Morgan fingerprint density at radius 1 is 0.259 bits per heavy atom. The Labute approximate surface area is 391 Å². The summed E-state index contributed by atoms with van der Waals surface area (Å²) >= 11 is 43.4. The van der Waals surface area contributed by atoms with Crippen LogP contribution in [0.25, 0.3) is 0 Å². The van der Waals surface area contributed by atoms with Gasteiger partial charge in [-0.1, -0.05) is 361 Å². The highest BCUT2D eigenvalue weighted by atomic mass is 127. The fraction of sp³-hybridized carbons (Fsp3) is 1.00. The predicted octanol–water partition coefficient (Wildman–Crippen LogP) is 13.1. The highest BCUT2D eigenvalue weighted by molar-refractivity contribution is 14.2. The second-order valence-electron chi connectivity index (χ2n) is 5.19. The first-order valence-corrected chi connectivity index (χ1v) is 24.0. The third kappa shape index (κ3) is 5.82. The van der Waals surface area contributed by atoms with Crippen LogP contribution in [0.2, 0.25) is 0 Å². The SMILES string of the molecule is [O]C1(I)C(I)(I)C(I)(I)C(I)(I)C(I)(I)C(I)(I)C(I)(I)C(I)(I)C1(I)I. The molecule has 0 aromatic rings. The van der Waals surface area contributed by atoms with Gasteiger partial charge < -0.3 is 0 Å². The van der Waals surface area contributed by atoms with Crippen LogP contribution in [0.3, 0.4) is 0 Å². The molecule has 161 valence electrons. The zero-order valence-corrected chi connectivity index (χ0v) is 48.0. The second kappa shape index (κ2) is 12.2. The lowest BCUT2D eigenvalue weighted by atomic mass is 10.1. The van der Waals surface area contributed by atoms with Crippen molar-refractivity contribution in [3.05, 3.63) is 0 Å². The van der Waals surface area contributed by atoms with E-state index in [1.165, 1.54) is 0 Å². The largest absolute Gasteiger partial charge is 0.213 e. The maximum Gasteiger partial charge on any atom is 0.205 e. The van der Waals surface area contributed by atoms with E-state index in [1.54, 1.807) is 0 Å². The summed E-state index contributed by atoms with van der Waals surface area (Å²) in [5, 5.41) is 14.7. The number of halogens is 17. The molecule has 1 radical (unpaired) electrons. The first-order valence-electron chi connectivity index (χ1n) is 5.67. The minimum Gasteiger partial charge on any atom is -0.213 e. The molecular weight excluding hydrogens is 2280 g/mol. The van der Waals surface area contributed by atoms with E-state index in [4.69, 9.17) is 0 Å². The van der Waals surface area contributed by atoms with E-state index in [2.05, 4.69) is 384 Å². The van der Waals surface area contributed by atoms with Gasteiger partial charge in [-0.2, -0.15) is 0 Å². The Morgan fingerprint density at radius 2 is 0.370 bits per heavy atom. The van der Waals surface area contributed by atoms with Crippen LogP contribution < -0.4 is 0 Å². The molecule has 1 fully saturated rings. The fourth-order valence-electron chi connectivity index (χ4n) is 1.78. The average Bonchev–Trinajstić information content (AvgIpc) is 2.44. The maximum absolute atomic E-state index is 14.7. The molecule has 18 heteroatoms. The van der Waals surface area contributed by atoms with Crippen molar-refractivity contribution in [1.82, 2.24) is 0 Å². The molecule has 0 amide bonds. The van der Waals surface area contributed by atoms with Crippen LogP contribution in [-0.4, -0.2) is 15.0 Å². The van der Waals surface area contributed by atoms with Gasteiger partial charge in [0.25, 0.3) is 0 Å². The molecule has 0 spiro atoms. The number of hydrogen-bond acceptors (Lipinski definition) is 0. The maximum atomic E-state index is 14.7. The standard InChI is InChI=1S/C9I17O/c10-1(11)2(12,13)4(16,17)6(20,21)8(24,25)9(26,27)7(22,23)5(18,19)3(1,14)15. The molecule has 1 nitrogen and oxygen atoms in total. The topological polar surface area (TPSA) is 19.9 Å². The molecule has 1 saturated carbocycles. The van der Waals surface area contributed by atoms with Gasteiger partial charge in [-0.3, -0.25) is 0 Å². The van der Waals surface area contributed by atoms with Gasteiger partial charge in [-0.15, -0.1) is 0 Å². The molecule has 0 aliphatic heterocycles. The zero-order valence-electron chi connectivity index (χ0n) is 11.3. The number of hydrogen-bond donors (Lipinski definition) is 0. The van der Waals surface area contributed by atoms with Crippen LogP contribution in [0.5, 0.6) is 0 Å². The van der Waals surface area contributed by atoms with E-state index in [0.29, 0.717) is 0 Å². The third-order valence-corrected chi connectivity index (χ3v) is 63.9. The van der Waals surface area contributed by atoms with Gasteiger partial charge in [0.15, 0.2) is 0 Å². The summed E-state index contributed by atoms with van der Waals surface area (Å²) < 4.78 is -3.80. The second-order valence-corrected chi connectivity index (χ2v) is 49.1. The van der Waals surface area contributed by atoms with Crippen molar-refractivity contribution in [3.8, 4) is 0 Å². The highest BCUT2D eigenvalue weighted by Gasteiger charge is 2.85. The van der Waals surface area contributed by atoms with Gasteiger partial charge in [0.2, 0.25) is 3.61 Å². The van der Waals surface area contributed by atoms with Crippen LogP contribution in [0.15, 0.2) is 0 Å². The molecule has 0 saturated heterocycles. The van der Waals surface area contributed by atoms with Crippen LogP contribution >= 0.6 is 384 Å². The van der Waals surface area contributed by atoms with Gasteiger partial charge in [-0.25, -0.2) is 5.11 Å². The number of alkyl halides is 17. The lowest BCUT2D eigenvalue weighted by Gasteiger charge is -2.55. The summed E-state index contributed by atoms with van der Waals surface area (Å²) in [7, 11) is 0. The van der Waals surface area contributed by atoms with Crippen molar-refractivity contribution in [2.75, 3.05) is 0 Å². The molecule has 1 aliphatic carbocycles. The van der Waals surface area contributed by atoms with Crippen LogP contribution in [0.4, 0.5) is 0 Å². The van der Waals surface area contributed by atoms with E-state index in [0.717, 1.165) is 0 Å². The minimum absolute atomic E-state index is 0.161. The van der Waals surface area contributed by atoms with E-state index < -0.39 is 6.46 Å². The molecule has 0 atom stereocenters. The molecule has 0 bridgehead atoms. The van der Waals surface area contributed by atoms with Crippen LogP contribution in [0, 0.1) is 0 Å². The average molecular weight is 2280 g/mol. The Kier molecular flexibility index (Phi) is 16.8. The summed E-state index contributed by atoms with van der Waals surface area (Å²) in [5.41, 5.74) is 0. The molecule has 0 aromatic heterocycles. The summed E-state index contributed by atoms with van der Waals surface area (Å²) in [5.74, 6) is 0. The van der Waals surface area contributed by atoms with Crippen molar-refractivity contribution in [2.45, 2.75) is 15.0 Å². The Hall–Kier alpha value is 12.4. The van der Waals surface area contributed by atoms with Crippen molar-refractivity contribution in [3.63, 3.8) is 0 Å². The van der Waals surface area contributed by atoms with E-state index in [-0.39, 0.29) is 8.57 Å². The number of rotatable bonds is 0. The Bertz CT molecular complexity index is 409. The lowest BCUT2D eigenvalue weighted by Crippen LogP contribution is -2.67. The van der Waals surface area contributed by atoms with Crippen molar-refractivity contribution >= 4 is 384 Å². The van der Waals surface area contributed by atoms with Crippen molar-refractivity contribution in [1.29, 1.82) is 0 Å². The Balaban J connectivity index is 4.27.